The highest BCUT2D eigenvalue weighted by molar-refractivity contribution is 6.09. The number of carbonyl (C=O) groups is 3. The third-order valence-corrected chi connectivity index (χ3v) is 6.28. The summed E-state index contributed by atoms with van der Waals surface area (Å²) in [6.07, 6.45) is 6.45. The van der Waals surface area contributed by atoms with E-state index in [-0.39, 0.29) is 23.4 Å². The first kappa shape index (κ1) is 24.3. The van der Waals surface area contributed by atoms with Gasteiger partial charge in [-0.2, -0.15) is 0 Å². The third kappa shape index (κ3) is 5.80. The van der Waals surface area contributed by atoms with Gasteiger partial charge in [0.2, 0.25) is 5.91 Å². The van der Waals surface area contributed by atoms with E-state index in [1.54, 1.807) is 42.5 Å². The summed E-state index contributed by atoms with van der Waals surface area (Å²) in [4.78, 5) is 45.3. The molecule has 3 aromatic rings. The van der Waals surface area contributed by atoms with Crippen LogP contribution in [-0.2, 0) is 4.79 Å². The molecule has 1 saturated carbocycles. The van der Waals surface area contributed by atoms with Crippen LogP contribution in [-0.4, -0.2) is 28.6 Å². The molecule has 7 heteroatoms. The number of nitrogens with zero attached hydrogens (tertiary/aromatic N) is 2. The molecule has 1 N–H and O–H groups in total. The smallest absolute Gasteiger partial charge is 0.277 e. The van der Waals surface area contributed by atoms with Crippen LogP contribution >= 0.6 is 0 Å². The van der Waals surface area contributed by atoms with E-state index >= 15 is 0 Å². The van der Waals surface area contributed by atoms with Crippen LogP contribution in [0.2, 0.25) is 0 Å². The van der Waals surface area contributed by atoms with Gasteiger partial charge in [-0.1, -0.05) is 49.6 Å². The predicted octanol–water partition coefficient (Wildman–Crippen LogP) is 5.26. The molecule has 0 bridgehead atoms. The normalized spacial score (nSPS) is 14.7. The molecule has 35 heavy (non-hydrogen) atoms. The van der Waals surface area contributed by atoms with Crippen molar-refractivity contribution < 1.29 is 18.8 Å². The van der Waals surface area contributed by atoms with Gasteiger partial charge in [0, 0.05) is 23.5 Å². The fourth-order valence-electron chi connectivity index (χ4n) is 4.46. The molecule has 1 atom stereocenters. The van der Waals surface area contributed by atoms with E-state index in [1.165, 1.54) is 42.3 Å². The van der Waals surface area contributed by atoms with Crippen LogP contribution in [0, 0.1) is 5.82 Å². The lowest BCUT2D eigenvalue weighted by atomic mass is 9.94. The van der Waals surface area contributed by atoms with Crippen LogP contribution in [0.25, 0.3) is 0 Å². The van der Waals surface area contributed by atoms with Gasteiger partial charge in [0.15, 0.2) is 5.78 Å². The number of rotatable bonds is 7. The Kier molecular flexibility index (Phi) is 7.65. The number of Topliss-reactive ketones (excluding diaryl/α,β-unsaturated/α-hetero) is 1. The molecule has 180 valence electrons. The summed E-state index contributed by atoms with van der Waals surface area (Å²) >= 11 is 0. The highest BCUT2D eigenvalue weighted by Gasteiger charge is 2.35. The first-order chi connectivity index (χ1) is 16.9. The van der Waals surface area contributed by atoms with Crippen LogP contribution in [0.3, 0.4) is 0 Å². The molecule has 1 aliphatic carbocycles. The summed E-state index contributed by atoms with van der Waals surface area (Å²) in [7, 11) is 0. The second-order valence-electron chi connectivity index (χ2n) is 8.79. The van der Waals surface area contributed by atoms with E-state index in [0.29, 0.717) is 16.8 Å². The molecule has 0 radical (unpaired) electrons. The van der Waals surface area contributed by atoms with Crippen molar-refractivity contribution in [2.24, 2.45) is 0 Å². The van der Waals surface area contributed by atoms with E-state index in [0.717, 1.165) is 32.1 Å². The minimum atomic E-state index is -1.09. The van der Waals surface area contributed by atoms with Crippen molar-refractivity contribution in [3.05, 3.63) is 95.6 Å². The summed E-state index contributed by atoms with van der Waals surface area (Å²) in [5.74, 6) is -1.47. The largest absolute Gasteiger partial charge is 0.351 e. The Morgan fingerprint density at radius 1 is 0.971 bits per heavy atom. The molecule has 4 rings (SSSR count). The van der Waals surface area contributed by atoms with Crippen molar-refractivity contribution in [1.29, 1.82) is 0 Å². The number of hydrogen-bond donors (Lipinski definition) is 1. The number of carbonyl (C=O) groups excluding carboxylic acids is 3. The number of aromatic nitrogens is 1. The van der Waals surface area contributed by atoms with E-state index in [9.17, 15) is 18.8 Å². The first-order valence-electron chi connectivity index (χ1n) is 11.9. The number of amides is 2. The topological polar surface area (TPSA) is 79.4 Å². The second-order valence-corrected chi connectivity index (χ2v) is 8.79. The lowest BCUT2D eigenvalue weighted by Gasteiger charge is -2.33. The number of pyridine rings is 1. The summed E-state index contributed by atoms with van der Waals surface area (Å²) in [5, 5.41) is 3.11. The van der Waals surface area contributed by atoms with Gasteiger partial charge in [0.25, 0.3) is 5.91 Å². The maximum Gasteiger partial charge on any atom is 0.277 e. The summed E-state index contributed by atoms with van der Waals surface area (Å²) in [5.41, 5.74) is 1.39. The fourth-order valence-corrected chi connectivity index (χ4v) is 4.46. The SMILES string of the molecule is CC(=O)c1cccc(N(C(=O)c2ccccn2)[C@@H](C(=O)NC2CCCCC2)c2ccc(F)cc2)c1. The summed E-state index contributed by atoms with van der Waals surface area (Å²) < 4.78 is 13.8. The van der Waals surface area contributed by atoms with Crippen molar-refractivity contribution >= 4 is 23.3 Å². The van der Waals surface area contributed by atoms with Gasteiger partial charge in [0.05, 0.1) is 0 Å². The Bertz CT molecular complexity index is 1190. The molecular weight excluding hydrogens is 445 g/mol. The van der Waals surface area contributed by atoms with Crippen molar-refractivity contribution in [3.63, 3.8) is 0 Å². The molecule has 0 saturated heterocycles. The van der Waals surface area contributed by atoms with Crippen molar-refractivity contribution in [2.75, 3.05) is 4.90 Å². The molecule has 6 nitrogen and oxygen atoms in total. The lowest BCUT2D eigenvalue weighted by Crippen LogP contribution is -2.47. The van der Waals surface area contributed by atoms with Crippen molar-refractivity contribution in [3.8, 4) is 0 Å². The van der Waals surface area contributed by atoms with E-state index in [4.69, 9.17) is 0 Å². The minimum Gasteiger partial charge on any atom is -0.351 e. The standard InChI is InChI=1S/C28H28FN3O3/c1-19(33)21-8-7-11-24(18-21)32(28(35)25-12-5-6-17-30-25)26(20-13-15-22(29)16-14-20)27(34)31-23-9-3-2-4-10-23/h5-8,11-18,23,26H,2-4,9-10H2,1H3,(H,31,34)/t26-/m1/s1. The number of hydrogen-bond acceptors (Lipinski definition) is 4. The number of benzene rings is 2. The average Bonchev–Trinajstić information content (AvgIpc) is 2.88. The fraction of sp³-hybridized carbons (Fsp3) is 0.286. The zero-order valence-electron chi connectivity index (χ0n) is 19.6. The van der Waals surface area contributed by atoms with Crippen LogP contribution in [0.15, 0.2) is 72.9 Å². The zero-order chi connectivity index (χ0) is 24.8. The summed E-state index contributed by atoms with van der Waals surface area (Å²) in [6, 6.07) is 16.0. The lowest BCUT2D eigenvalue weighted by molar-refractivity contribution is -0.123. The van der Waals surface area contributed by atoms with E-state index in [2.05, 4.69) is 10.3 Å². The zero-order valence-corrected chi connectivity index (χ0v) is 19.6. The monoisotopic (exact) mass is 473 g/mol. The molecule has 0 unspecified atom stereocenters. The Labute approximate surface area is 204 Å². The highest BCUT2D eigenvalue weighted by atomic mass is 19.1. The summed E-state index contributed by atoms with van der Waals surface area (Å²) in [6.45, 7) is 1.44. The maximum atomic E-state index is 13.8. The van der Waals surface area contributed by atoms with E-state index in [1.807, 2.05) is 0 Å². The minimum absolute atomic E-state index is 0.00885. The molecule has 1 aromatic heterocycles. The average molecular weight is 474 g/mol. The molecule has 1 aliphatic rings. The van der Waals surface area contributed by atoms with Gasteiger partial charge in [-0.05, 0) is 61.7 Å². The van der Waals surface area contributed by atoms with Crippen LogP contribution in [0.1, 0.15) is 71.5 Å². The van der Waals surface area contributed by atoms with Gasteiger partial charge < -0.3 is 5.32 Å². The van der Waals surface area contributed by atoms with Crippen molar-refractivity contribution in [2.45, 2.75) is 51.1 Å². The van der Waals surface area contributed by atoms with Gasteiger partial charge in [-0.15, -0.1) is 0 Å². The molecular formula is C28H28FN3O3. The predicted molar refractivity (Wildman–Crippen MR) is 132 cm³/mol. The van der Waals surface area contributed by atoms with Crippen molar-refractivity contribution in [1.82, 2.24) is 10.3 Å². The van der Waals surface area contributed by atoms with Gasteiger partial charge >= 0.3 is 0 Å². The molecule has 1 fully saturated rings. The third-order valence-electron chi connectivity index (χ3n) is 6.28. The molecule has 0 aliphatic heterocycles. The Hall–Kier alpha value is -3.87. The number of anilines is 1. The van der Waals surface area contributed by atoms with Crippen LogP contribution < -0.4 is 10.2 Å². The quantitative estimate of drug-likeness (QED) is 0.475. The highest BCUT2D eigenvalue weighted by Crippen LogP contribution is 2.31. The van der Waals surface area contributed by atoms with Gasteiger partial charge in [0.1, 0.15) is 17.6 Å². The molecule has 0 spiro atoms. The molecule has 1 heterocycles. The molecule has 2 aromatic carbocycles. The number of nitrogens with one attached hydrogen (secondary N) is 1. The van der Waals surface area contributed by atoms with Gasteiger partial charge in [-0.3, -0.25) is 24.3 Å². The maximum absolute atomic E-state index is 13.8. The molecule has 2 amide bonds. The van der Waals surface area contributed by atoms with Crippen LogP contribution in [0.5, 0.6) is 0 Å². The van der Waals surface area contributed by atoms with Crippen LogP contribution in [0.4, 0.5) is 10.1 Å². The number of halogens is 1. The Morgan fingerprint density at radius 2 is 1.71 bits per heavy atom. The number of ketones is 1. The van der Waals surface area contributed by atoms with Gasteiger partial charge in [-0.25, -0.2) is 4.39 Å². The second kappa shape index (κ2) is 11.0. The first-order valence-corrected chi connectivity index (χ1v) is 11.9. The Morgan fingerprint density at radius 3 is 2.37 bits per heavy atom. The Balaban J connectivity index is 1.83. The van der Waals surface area contributed by atoms with E-state index < -0.39 is 17.8 Å².